The number of amides is 2. The molecule has 17 heavy (non-hydrogen) atoms. The molecule has 2 heterocycles. The molecule has 1 aromatic rings. The Morgan fingerprint density at radius 2 is 2.18 bits per heavy atom. The monoisotopic (exact) mass is 237 g/mol. The Morgan fingerprint density at radius 3 is 2.88 bits per heavy atom. The van der Waals surface area contributed by atoms with E-state index in [1.807, 2.05) is 0 Å². The Morgan fingerprint density at radius 1 is 1.35 bits per heavy atom. The summed E-state index contributed by atoms with van der Waals surface area (Å²) in [6.07, 6.45) is -0.631. The minimum Gasteiger partial charge on any atom is -0.493 e. The van der Waals surface area contributed by atoms with Gasteiger partial charge in [0.1, 0.15) is 11.6 Å². The number of imide groups is 1. The van der Waals surface area contributed by atoms with Gasteiger partial charge >= 0.3 is 6.09 Å². The van der Waals surface area contributed by atoms with Gasteiger partial charge < -0.3 is 9.47 Å². The van der Waals surface area contributed by atoms with Crippen molar-refractivity contribution in [3.05, 3.63) is 29.6 Å². The van der Waals surface area contributed by atoms with Crippen molar-refractivity contribution in [2.24, 2.45) is 0 Å². The largest absolute Gasteiger partial charge is 0.493 e. The molecule has 0 bridgehead atoms. The van der Waals surface area contributed by atoms with Crippen molar-refractivity contribution < 1.29 is 23.5 Å². The summed E-state index contributed by atoms with van der Waals surface area (Å²) in [5, 5.41) is 2.06. The van der Waals surface area contributed by atoms with Crippen LogP contribution in [0.4, 0.5) is 9.18 Å². The number of hydrogen-bond acceptors (Lipinski definition) is 4. The van der Waals surface area contributed by atoms with Crippen molar-refractivity contribution in [1.29, 1.82) is 0 Å². The molecule has 0 aliphatic carbocycles. The molecule has 3 rings (SSSR count). The van der Waals surface area contributed by atoms with E-state index in [1.54, 1.807) is 0 Å². The third kappa shape index (κ3) is 1.30. The number of rotatable bonds is 0. The van der Waals surface area contributed by atoms with E-state index < -0.39 is 23.4 Å². The van der Waals surface area contributed by atoms with Gasteiger partial charge in [-0.15, -0.1) is 0 Å². The number of nitrogens with one attached hydrogen (secondary N) is 1. The molecule has 88 valence electrons. The minimum absolute atomic E-state index is 0.182. The Labute approximate surface area is 95.5 Å². The minimum atomic E-state index is -1.44. The lowest BCUT2D eigenvalue weighted by Crippen LogP contribution is -2.41. The maximum absolute atomic E-state index is 13.2. The molecular formula is C11H8FNO4. The number of carbonyl (C=O) groups excluding carboxylic acids is 2. The van der Waals surface area contributed by atoms with E-state index in [2.05, 4.69) is 5.32 Å². The molecule has 1 spiro atoms. The average molecular weight is 237 g/mol. The summed E-state index contributed by atoms with van der Waals surface area (Å²) in [7, 11) is 0. The third-order valence-corrected chi connectivity index (χ3v) is 2.94. The number of carbonyl (C=O) groups is 2. The molecule has 1 fully saturated rings. The number of ether oxygens (including phenoxy) is 2. The quantitative estimate of drug-likeness (QED) is 0.733. The van der Waals surface area contributed by atoms with E-state index in [-0.39, 0.29) is 18.6 Å². The van der Waals surface area contributed by atoms with E-state index in [1.165, 1.54) is 12.1 Å². The van der Waals surface area contributed by atoms with E-state index in [0.29, 0.717) is 5.75 Å². The molecule has 0 aromatic heterocycles. The maximum atomic E-state index is 13.2. The van der Waals surface area contributed by atoms with Gasteiger partial charge in [0.25, 0.3) is 5.91 Å². The number of halogens is 1. The molecule has 0 radical (unpaired) electrons. The van der Waals surface area contributed by atoms with E-state index >= 15 is 0 Å². The summed E-state index contributed by atoms with van der Waals surface area (Å²) < 4.78 is 23.6. The van der Waals surface area contributed by atoms with Crippen LogP contribution in [0.2, 0.25) is 0 Å². The Balaban J connectivity index is 2.19. The molecule has 1 atom stereocenters. The molecule has 1 N–H and O–H groups in total. The summed E-state index contributed by atoms with van der Waals surface area (Å²) in [5.74, 6) is -0.718. The first-order valence-corrected chi connectivity index (χ1v) is 5.09. The summed E-state index contributed by atoms with van der Waals surface area (Å²) in [6.45, 7) is 0.235. The van der Waals surface area contributed by atoms with Crippen molar-refractivity contribution in [2.75, 3.05) is 6.61 Å². The first-order chi connectivity index (χ1) is 8.12. The summed E-state index contributed by atoms with van der Waals surface area (Å²) >= 11 is 0. The number of fused-ring (bicyclic) bond motifs is 2. The molecule has 1 saturated heterocycles. The first kappa shape index (κ1) is 10.1. The van der Waals surface area contributed by atoms with Gasteiger partial charge in [-0.2, -0.15) is 0 Å². The number of alkyl carbamates (subject to hydrolysis) is 1. The van der Waals surface area contributed by atoms with Crippen LogP contribution < -0.4 is 10.1 Å². The predicted octanol–water partition coefficient (Wildman–Crippen LogP) is 1.07. The van der Waals surface area contributed by atoms with Gasteiger partial charge in [0.2, 0.25) is 5.60 Å². The fourth-order valence-electron chi connectivity index (χ4n) is 2.15. The van der Waals surface area contributed by atoms with Gasteiger partial charge in [0, 0.05) is 6.42 Å². The predicted molar refractivity (Wildman–Crippen MR) is 52.8 cm³/mol. The summed E-state index contributed by atoms with van der Waals surface area (Å²) in [6, 6.07) is 3.81. The van der Waals surface area contributed by atoms with Crippen molar-refractivity contribution >= 4 is 12.0 Å². The molecule has 2 amide bonds. The molecule has 2 aliphatic heterocycles. The Kier molecular flexibility index (Phi) is 1.89. The van der Waals surface area contributed by atoms with Gasteiger partial charge in [0.15, 0.2) is 0 Å². The zero-order valence-electron chi connectivity index (χ0n) is 8.66. The van der Waals surface area contributed by atoms with E-state index in [0.717, 1.165) is 6.07 Å². The second-order valence-corrected chi connectivity index (χ2v) is 3.91. The van der Waals surface area contributed by atoms with Crippen LogP contribution in [0.25, 0.3) is 0 Å². The van der Waals surface area contributed by atoms with E-state index in [9.17, 15) is 14.0 Å². The summed E-state index contributed by atoms with van der Waals surface area (Å²) in [4.78, 5) is 22.9. The van der Waals surface area contributed by atoms with Crippen molar-refractivity contribution in [3.63, 3.8) is 0 Å². The van der Waals surface area contributed by atoms with Gasteiger partial charge in [-0.1, -0.05) is 0 Å². The fraction of sp³-hybridized carbons (Fsp3) is 0.273. The highest BCUT2D eigenvalue weighted by atomic mass is 19.1. The highest BCUT2D eigenvalue weighted by Crippen LogP contribution is 2.42. The standard InChI is InChI=1S/C11H8FNO4/c12-6-1-2-8-7(5-6)11(3-4-16-8)9(14)13-10(15)17-11/h1-2,5H,3-4H2,(H,13,14,15). The van der Waals surface area contributed by atoms with Crippen molar-refractivity contribution in [2.45, 2.75) is 12.0 Å². The number of hydrogen-bond donors (Lipinski definition) is 1. The van der Waals surface area contributed by atoms with Gasteiger partial charge in [-0.3, -0.25) is 10.1 Å². The van der Waals surface area contributed by atoms with Crippen LogP contribution in [0.15, 0.2) is 18.2 Å². The lowest BCUT2D eigenvalue weighted by Gasteiger charge is -2.31. The average Bonchev–Trinajstić information content (AvgIpc) is 2.56. The van der Waals surface area contributed by atoms with Crippen molar-refractivity contribution in [1.82, 2.24) is 5.32 Å². The normalized spacial score (nSPS) is 26.2. The Hall–Kier alpha value is -2.11. The fourth-order valence-corrected chi connectivity index (χ4v) is 2.15. The van der Waals surface area contributed by atoms with Crippen LogP contribution in [0.5, 0.6) is 5.75 Å². The maximum Gasteiger partial charge on any atom is 0.415 e. The van der Waals surface area contributed by atoms with Crippen LogP contribution in [-0.2, 0) is 15.1 Å². The lowest BCUT2D eigenvalue weighted by atomic mass is 9.87. The van der Waals surface area contributed by atoms with Crippen LogP contribution in [0, 0.1) is 5.82 Å². The molecule has 0 saturated carbocycles. The van der Waals surface area contributed by atoms with Crippen LogP contribution >= 0.6 is 0 Å². The van der Waals surface area contributed by atoms with Crippen LogP contribution in [-0.4, -0.2) is 18.6 Å². The Bertz CT molecular complexity index is 530. The van der Waals surface area contributed by atoms with Gasteiger partial charge in [-0.25, -0.2) is 9.18 Å². The van der Waals surface area contributed by atoms with Gasteiger partial charge in [-0.05, 0) is 18.2 Å². The third-order valence-electron chi connectivity index (χ3n) is 2.94. The molecule has 6 heteroatoms. The highest BCUT2D eigenvalue weighted by Gasteiger charge is 2.53. The molecule has 1 aromatic carbocycles. The lowest BCUT2D eigenvalue weighted by molar-refractivity contribution is -0.134. The van der Waals surface area contributed by atoms with E-state index in [4.69, 9.17) is 9.47 Å². The second-order valence-electron chi connectivity index (χ2n) is 3.91. The zero-order chi connectivity index (χ0) is 12.0. The van der Waals surface area contributed by atoms with Crippen LogP contribution in [0.1, 0.15) is 12.0 Å². The molecule has 2 aliphatic rings. The smallest absolute Gasteiger partial charge is 0.415 e. The molecule has 5 nitrogen and oxygen atoms in total. The number of benzene rings is 1. The van der Waals surface area contributed by atoms with Gasteiger partial charge in [0.05, 0.1) is 12.2 Å². The zero-order valence-corrected chi connectivity index (χ0v) is 8.66. The summed E-state index contributed by atoms with van der Waals surface area (Å²) in [5.41, 5.74) is -1.18. The topological polar surface area (TPSA) is 64.6 Å². The molecule has 1 unspecified atom stereocenters. The first-order valence-electron chi connectivity index (χ1n) is 5.09. The second kappa shape index (κ2) is 3.19. The molecular weight excluding hydrogens is 229 g/mol. The van der Waals surface area contributed by atoms with Crippen molar-refractivity contribution in [3.8, 4) is 5.75 Å². The van der Waals surface area contributed by atoms with Crippen LogP contribution in [0.3, 0.4) is 0 Å². The SMILES string of the molecule is O=C1NC(=O)C2(CCOc3ccc(F)cc32)O1. The highest BCUT2D eigenvalue weighted by molar-refractivity contribution is 6.03.